The second-order valence-corrected chi connectivity index (χ2v) is 8.93. The molecule has 0 saturated carbocycles. The molecule has 0 atom stereocenters. The summed E-state index contributed by atoms with van der Waals surface area (Å²) in [4.78, 5) is 23.2. The smallest absolute Gasteiger partial charge is 0.158 e. The molecule has 0 aliphatic carbocycles. The molecular weight excluding hydrogens is 404 g/mol. The number of Topliss-reactive ketones (excluding diaryl/α,β-unsaturated/α-hetero) is 2. The molecule has 0 aromatic rings. The van der Waals surface area contributed by atoms with E-state index in [1.165, 1.54) is 84.2 Å². The Morgan fingerprint density at radius 3 is 1.38 bits per heavy atom. The molecule has 0 fully saturated rings. The van der Waals surface area contributed by atoms with Gasteiger partial charge in [-0.2, -0.15) is 0 Å². The van der Waals surface area contributed by atoms with Crippen molar-refractivity contribution in [2.24, 2.45) is 0 Å². The molecule has 0 heterocycles. The summed E-state index contributed by atoms with van der Waals surface area (Å²) in [5.74, 6) is 0.476. The zero-order valence-corrected chi connectivity index (χ0v) is 21.3. The standard InChI is InChI=1S/C27H52O5/c1-3-4-5-6-7-8-9-10-11-12-13-14-15-18-26(28)19-16-21-31-23-24-32-22-17-20-27(29)25-30-2/h3-25H2,1-2H3. The Morgan fingerprint density at radius 1 is 0.500 bits per heavy atom. The maximum atomic E-state index is 11.9. The topological polar surface area (TPSA) is 61.8 Å². The van der Waals surface area contributed by atoms with Crippen molar-refractivity contribution in [2.75, 3.05) is 40.1 Å². The summed E-state index contributed by atoms with van der Waals surface area (Å²) in [5, 5.41) is 0. The maximum Gasteiger partial charge on any atom is 0.158 e. The molecule has 0 saturated heterocycles. The van der Waals surface area contributed by atoms with Crippen LogP contribution in [0, 0.1) is 0 Å². The molecule has 0 rings (SSSR count). The number of carbonyl (C=O) groups excluding carboxylic acids is 2. The third-order valence-electron chi connectivity index (χ3n) is 5.73. The van der Waals surface area contributed by atoms with Gasteiger partial charge in [-0.25, -0.2) is 0 Å². The third kappa shape index (κ3) is 25.5. The number of ether oxygens (including phenoxy) is 3. The number of hydrogen-bond donors (Lipinski definition) is 0. The Balaban J connectivity index is 3.19. The highest BCUT2D eigenvalue weighted by Crippen LogP contribution is 2.13. The van der Waals surface area contributed by atoms with E-state index in [1.807, 2.05) is 0 Å². The Hall–Kier alpha value is -0.780. The summed E-state index contributed by atoms with van der Waals surface area (Å²) < 4.78 is 15.7. The molecule has 0 aromatic carbocycles. The normalized spacial score (nSPS) is 11.2. The molecule has 5 heteroatoms. The summed E-state index contributed by atoms with van der Waals surface area (Å²) in [6.45, 7) is 4.70. The van der Waals surface area contributed by atoms with Crippen molar-refractivity contribution in [3.05, 3.63) is 0 Å². The molecule has 0 aliphatic heterocycles. The third-order valence-corrected chi connectivity index (χ3v) is 5.73. The molecule has 5 nitrogen and oxygen atoms in total. The van der Waals surface area contributed by atoms with Gasteiger partial charge in [-0.1, -0.05) is 84.0 Å². The summed E-state index contributed by atoms with van der Waals surface area (Å²) in [7, 11) is 1.53. The van der Waals surface area contributed by atoms with Crippen LogP contribution in [-0.2, 0) is 23.8 Å². The van der Waals surface area contributed by atoms with Gasteiger partial charge in [-0.15, -0.1) is 0 Å². The van der Waals surface area contributed by atoms with Gasteiger partial charge in [0.1, 0.15) is 12.4 Å². The summed E-state index contributed by atoms with van der Waals surface area (Å²) in [6, 6.07) is 0. The summed E-state index contributed by atoms with van der Waals surface area (Å²) in [6.07, 6.45) is 20.7. The molecule has 0 bridgehead atoms. The summed E-state index contributed by atoms with van der Waals surface area (Å²) >= 11 is 0. The average Bonchev–Trinajstić information content (AvgIpc) is 2.78. The van der Waals surface area contributed by atoms with Gasteiger partial charge in [0.15, 0.2) is 5.78 Å². The Labute approximate surface area is 198 Å². The van der Waals surface area contributed by atoms with Crippen LogP contribution in [0.15, 0.2) is 0 Å². The lowest BCUT2D eigenvalue weighted by atomic mass is 10.0. The first-order valence-corrected chi connectivity index (χ1v) is 13.4. The van der Waals surface area contributed by atoms with Crippen molar-refractivity contribution in [3.63, 3.8) is 0 Å². The largest absolute Gasteiger partial charge is 0.379 e. The first-order valence-electron chi connectivity index (χ1n) is 13.4. The fourth-order valence-corrected chi connectivity index (χ4v) is 3.76. The quantitative estimate of drug-likeness (QED) is 0.127. The minimum atomic E-state index is 0.107. The van der Waals surface area contributed by atoms with E-state index in [-0.39, 0.29) is 12.4 Å². The Bertz CT molecular complexity index is 411. The number of methoxy groups -OCH3 is 1. The molecular formula is C27H52O5. The van der Waals surface area contributed by atoms with Crippen molar-refractivity contribution >= 4 is 11.6 Å². The molecule has 190 valence electrons. The van der Waals surface area contributed by atoms with E-state index in [4.69, 9.17) is 14.2 Å². The second kappa shape index (κ2) is 26.5. The lowest BCUT2D eigenvalue weighted by Crippen LogP contribution is -2.10. The van der Waals surface area contributed by atoms with Crippen LogP contribution in [0.5, 0.6) is 0 Å². The molecule has 0 radical (unpaired) electrons. The predicted octanol–water partition coefficient (Wildman–Crippen LogP) is 6.85. The highest BCUT2D eigenvalue weighted by molar-refractivity contribution is 5.79. The van der Waals surface area contributed by atoms with Crippen LogP contribution in [0.25, 0.3) is 0 Å². The number of carbonyl (C=O) groups is 2. The fourth-order valence-electron chi connectivity index (χ4n) is 3.76. The number of rotatable bonds is 27. The minimum absolute atomic E-state index is 0.107. The van der Waals surface area contributed by atoms with E-state index in [0.29, 0.717) is 45.1 Å². The van der Waals surface area contributed by atoms with Gasteiger partial charge >= 0.3 is 0 Å². The van der Waals surface area contributed by atoms with Gasteiger partial charge in [0.25, 0.3) is 0 Å². The van der Waals surface area contributed by atoms with E-state index in [9.17, 15) is 9.59 Å². The van der Waals surface area contributed by atoms with Gasteiger partial charge < -0.3 is 14.2 Å². The first kappa shape index (κ1) is 31.2. The second-order valence-electron chi connectivity index (χ2n) is 8.93. The van der Waals surface area contributed by atoms with Crippen LogP contribution >= 0.6 is 0 Å². The van der Waals surface area contributed by atoms with Crippen LogP contribution < -0.4 is 0 Å². The van der Waals surface area contributed by atoms with Gasteiger partial charge in [-0.05, 0) is 19.3 Å². The SMILES string of the molecule is CCCCCCCCCCCCCCCC(=O)CCCOCCOCCCC(=O)COC. The number of hydrogen-bond acceptors (Lipinski definition) is 5. The number of unbranched alkanes of at least 4 members (excludes halogenated alkanes) is 12. The van der Waals surface area contributed by atoms with E-state index in [1.54, 1.807) is 0 Å². The van der Waals surface area contributed by atoms with Crippen LogP contribution in [0.4, 0.5) is 0 Å². The van der Waals surface area contributed by atoms with Crippen molar-refractivity contribution in [2.45, 2.75) is 122 Å². The monoisotopic (exact) mass is 456 g/mol. The lowest BCUT2D eigenvalue weighted by molar-refractivity contribution is -0.123. The lowest BCUT2D eigenvalue weighted by Gasteiger charge is -2.06. The minimum Gasteiger partial charge on any atom is -0.379 e. The first-order chi connectivity index (χ1) is 15.7. The van der Waals surface area contributed by atoms with Gasteiger partial charge in [0, 0.05) is 39.6 Å². The Kier molecular flexibility index (Phi) is 25.8. The van der Waals surface area contributed by atoms with Crippen LogP contribution in [0.2, 0.25) is 0 Å². The van der Waals surface area contributed by atoms with Crippen molar-refractivity contribution in [3.8, 4) is 0 Å². The average molecular weight is 457 g/mol. The predicted molar refractivity (Wildman–Crippen MR) is 132 cm³/mol. The molecule has 32 heavy (non-hydrogen) atoms. The molecule has 0 aromatic heterocycles. The molecule has 0 N–H and O–H groups in total. The van der Waals surface area contributed by atoms with Crippen LogP contribution in [0.3, 0.4) is 0 Å². The maximum absolute atomic E-state index is 11.9. The molecule has 0 amide bonds. The van der Waals surface area contributed by atoms with Crippen molar-refractivity contribution in [1.29, 1.82) is 0 Å². The molecule has 0 unspecified atom stereocenters. The Morgan fingerprint density at radius 2 is 0.906 bits per heavy atom. The van der Waals surface area contributed by atoms with E-state index in [2.05, 4.69) is 6.92 Å². The fraction of sp³-hybridized carbons (Fsp3) is 0.926. The molecule has 0 aliphatic rings. The van der Waals surface area contributed by atoms with Gasteiger partial charge in [0.05, 0.1) is 13.2 Å². The zero-order valence-electron chi connectivity index (χ0n) is 21.3. The number of ketones is 2. The zero-order chi connectivity index (χ0) is 23.5. The highest BCUT2D eigenvalue weighted by atomic mass is 16.5. The van der Waals surface area contributed by atoms with E-state index >= 15 is 0 Å². The van der Waals surface area contributed by atoms with Crippen molar-refractivity contribution in [1.82, 2.24) is 0 Å². The van der Waals surface area contributed by atoms with Gasteiger partial charge in [-0.3, -0.25) is 9.59 Å². The highest BCUT2D eigenvalue weighted by Gasteiger charge is 2.03. The van der Waals surface area contributed by atoms with Gasteiger partial charge in [0.2, 0.25) is 0 Å². The van der Waals surface area contributed by atoms with Crippen LogP contribution in [-0.4, -0.2) is 51.7 Å². The van der Waals surface area contributed by atoms with Crippen molar-refractivity contribution < 1.29 is 23.8 Å². The van der Waals surface area contributed by atoms with Crippen LogP contribution in [0.1, 0.15) is 122 Å². The molecule has 0 spiro atoms. The summed E-state index contributed by atoms with van der Waals surface area (Å²) in [5.41, 5.74) is 0. The van der Waals surface area contributed by atoms with E-state index < -0.39 is 0 Å². The van der Waals surface area contributed by atoms with E-state index in [0.717, 1.165) is 25.7 Å².